The minimum Gasteiger partial charge on any atom is -0.508 e. The summed E-state index contributed by atoms with van der Waals surface area (Å²) in [7, 11) is 2.09. The minimum absolute atomic E-state index is 0.330. The van der Waals surface area contributed by atoms with Crippen molar-refractivity contribution in [3.8, 4) is 5.75 Å². The molecule has 0 bridgehead atoms. The predicted molar refractivity (Wildman–Crippen MR) is 135 cm³/mol. The number of anilines is 2. The summed E-state index contributed by atoms with van der Waals surface area (Å²) >= 11 is 6.13. The molecule has 0 aliphatic carbocycles. The summed E-state index contributed by atoms with van der Waals surface area (Å²) in [5.41, 5.74) is 3.31. The van der Waals surface area contributed by atoms with Gasteiger partial charge in [0.1, 0.15) is 5.75 Å². The third-order valence-electron chi connectivity index (χ3n) is 6.38. The molecule has 1 saturated heterocycles. The number of hydrogen-bond acceptors (Lipinski definition) is 5. The zero-order chi connectivity index (χ0) is 22.3. The van der Waals surface area contributed by atoms with Gasteiger partial charge in [-0.15, -0.1) is 0 Å². The maximum absolute atomic E-state index is 9.62. The van der Waals surface area contributed by atoms with Gasteiger partial charge in [-0.25, -0.2) is 0 Å². The first-order chi connectivity index (χ1) is 15.6. The van der Waals surface area contributed by atoms with Gasteiger partial charge in [0.05, 0.1) is 5.52 Å². The molecular formula is C26H33ClN4O. The summed E-state index contributed by atoms with van der Waals surface area (Å²) in [6.45, 7) is 6.53. The first-order valence-corrected chi connectivity index (χ1v) is 12.0. The Morgan fingerprint density at radius 3 is 2.59 bits per heavy atom. The van der Waals surface area contributed by atoms with Gasteiger partial charge in [-0.05, 0) is 55.8 Å². The Labute approximate surface area is 196 Å². The van der Waals surface area contributed by atoms with Crippen LogP contribution in [0.25, 0.3) is 10.9 Å². The van der Waals surface area contributed by atoms with Crippen molar-refractivity contribution in [2.45, 2.75) is 25.7 Å². The number of benzene rings is 2. The zero-order valence-electron chi connectivity index (χ0n) is 18.9. The lowest BCUT2D eigenvalue weighted by Gasteiger charge is -2.36. The predicted octanol–water partition coefficient (Wildman–Crippen LogP) is 5.41. The van der Waals surface area contributed by atoms with E-state index in [0.717, 1.165) is 49.0 Å². The summed E-state index contributed by atoms with van der Waals surface area (Å²) in [5, 5.41) is 11.5. The second kappa shape index (κ2) is 10.9. The molecule has 1 aromatic heterocycles. The van der Waals surface area contributed by atoms with Gasteiger partial charge >= 0.3 is 0 Å². The number of halogens is 1. The molecule has 2 aromatic carbocycles. The van der Waals surface area contributed by atoms with Crippen LogP contribution in [0.15, 0.2) is 54.7 Å². The number of rotatable bonds is 9. The SMILES string of the molecule is CN(CCCCCCN1CCN(c2ccnc3cc(Cl)ccc23)CC1)c1cccc(O)c1. The van der Waals surface area contributed by atoms with E-state index < -0.39 is 0 Å². The number of pyridine rings is 1. The van der Waals surface area contributed by atoms with Gasteiger partial charge in [-0.3, -0.25) is 9.88 Å². The Morgan fingerprint density at radius 1 is 0.969 bits per heavy atom. The fourth-order valence-corrected chi connectivity index (χ4v) is 4.66. The smallest absolute Gasteiger partial charge is 0.117 e. The van der Waals surface area contributed by atoms with E-state index in [-0.39, 0.29) is 0 Å². The van der Waals surface area contributed by atoms with Crippen molar-refractivity contribution in [3.63, 3.8) is 0 Å². The van der Waals surface area contributed by atoms with Crippen molar-refractivity contribution >= 4 is 33.9 Å². The molecular weight excluding hydrogens is 420 g/mol. The summed E-state index contributed by atoms with van der Waals surface area (Å²) < 4.78 is 0. The Morgan fingerprint density at radius 2 is 1.78 bits per heavy atom. The number of piperazine rings is 1. The molecule has 6 heteroatoms. The lowest BCUT2D eigenvalue weighted by molar-refractivity contribution is 0.252. The lowest BCUT2D eigenvalue weighted by atomic mass is 10.1. The van der Waals surface area contributed by atoms with Gasteiger partial charge in [-0.2, -0.15) is 0 Å². The molecule has 5 nitrogen and oxygen atoms in total. The van der Waals surface area contributed by atoms with Crippen LogP contribution in [-0.2, 0) is 0 Å². The van der Waals surface area contributed by atoms with Crippen LogP contribution in [0.5, 0.6) is 5.75 Å². The molecule has 32 heavy (non-hydrogen) atoms. The van der Waals surface area contributed by atoms with E-state index in [1.165, 1.54) is 43.3 Å². The lowest BCUT2D eigenvalue weighted by Crippen LogP contribution is -2.46. The maximum atomic E-state index is 9.62. The van der Waals surface area contributed by atoms with Crippen molar-refractivity contribution in [1.82, 2.24) is 9.88 Å². The number of fused-ring (bicyclic) bond motifs is 1. The van der Waals surface area contributed by atoms with Crippen molar-refractivity contribution < 1.29 is 5.11 Å². The fourth-order valence-electron chi connectivity index (χ4n) is 4.49. The Bertz CT molecular complexity index is 1020. The molecule has 4 rings (SSSR count). The van der Waals surface area contributed by atoms with Crippen molar-refractivity contribution in [2.24, 2.45) is 0 Å². The van der Waals surface area contributed by atoms with Crippen LogP contribution < -0.4 is 9.80 Å². The molecule has 0 amide bonds. The van der Waals surface area contributed by atoms with Gasteiger partial charge in [0, 0.05) is 73.8 Å². The van der Waals surface area contributed by atoms with Crippen LogP contribution in [0.2, 0.25) is 5.02 Å². The van der Waals surface area contributed by atoms with E-state index in [4.69, 9.17) is 11.6 Å². The van der Waals surface area contributed by atoms with Gasteiger partial charge in [0.25, 0.3) is 0 Å². The fraction of sp³-hybridized carbons (Fsp3) is 0.423. The number of nitrogens with zero attached hydrogens (tertiary/aromatic N) is 4. The van der Waals surface area contributed by atoms with E-state index in [2.05, 4.69) is 38.9 Å². The van der Waals surface area contributed by atoms with E-state index >= 15 is 0 Å². The second-order valence-electron chi connectivity index (χ2n) is 8.68. The van der Waals surface area contributed by atoms with E-state index in [1.807, 2.05) is 36.5 Å². The van der Waals surface area contributed by atoms with Crippen LogP contribution in [-0.4, -0.2) is 61.3 Å². The van der Waals surface area contributed by atoms with Gasteiger partial charge in [-0.1, -0.05) is 30.5 Å². The highest BCUT2D eigenvalue weighted by Crippen LogP contribution is 2.28. The molecule has 0 radical (unpaired) electrons. The summed E-state index contributed by atoms with van der Waals surface area (Å²) in [6, 6.07) is 15.6. The number of phenols is 1. The highest BCUT2D eigenvalue weighted by atomic mass is 35.5. The molecule has 1 fully saturated rings. The van der Waals surface area contributed by atoms with Crippen molar-refractivity contribution in [2.75, 3.05) is 56.1 Å². The molecule has 3 aromatic rings. The van der Waals surface area contributed by atoms with E-state index in [0.29, 0.717) is 5.75 Å². The molecule has 1 aliphatic rings. The van der Waals surface area contributed by atoms with Gasteiger partial charge in [0.2, 0.25) is 0 Å². The largest absolute Gasteiger partial charge is 0.508 e. The summed E-state index contributed by atoms with van der Waals surface area (Å²) in [5.74, 6) is 0.330. The number of hydrogen-bond donors (Lipinski definition) is 1. The van der Waals surface area contributed by atoms with Crippen molar-refractivity contribution in [1.29, 1.82) is 0 Å². The van der Waals surface area contributed by atoms with Crippen LogP contribution in [0.4, 0.5) is 11.4 Å². The van der Waals surface area contributed by atoms with Gasteiger partial charge < -0.3 is 14.9 Å². The van der Waals surface area contributed by atoms with Crippen LogP contribution in [0.3, 0.4) is 0 Å². The second-order valence-corrected chi connectivity index (χ2v) is 9.11. The molecule has 1 N–H and O–H groups in total. The molecule has 0 atom stereocenters. The van der Waals surface area contributed by atoms with E-state index in [1.54, 1.807) is 6.07 Å². The minimum atomic E-state index is 0.330. The molecule has 1 aliphatic heterocycles. The number of aromatic hydroxyl groups is 1. The average Bonchev–Trinajstić information content (AvgIpc) is 2.81. The Balaban J connectivity index is 1.15. The molecule has 0 unspecified atom stereocenters. The average molecular weight is 453 g/mol. The molecule has 0 saturated carbocycles. The Kier molecular flexibility index (Phi) is 7.72. The first-order valence-electron chi connectivity index (χ1n) is 11.6. The van der Waals surface area contributed by atoms with Crippen LogP contribution in [0, 0.1) is 0 Å². The standard InChI is InChI=1S/C26H33ClN4O/c1-29(22-7-6-8-23(32)20-22)13-4-2-3-5-14-30-15-17-31(18-16-30)26-11-12-28-25-19-21(27)9-10-24(25)26/h6-12,19-20,32H,2-5,13-18H2,1H3. The highest BCUT2D eigenvalue weighted by Gasteiger charge is 2.18. The van der Waals surface area contributed by atoms with E-state index in [9.17, 15) is 5.11 Å². The summed E-state index contributed by atoms with van der Waals surface area (Å²) in [6.07, 6.45) is 6.84. The number of phenolic OH excluding ortho intramolecular Hbond substituents is 1. The van der Waals surface area contributed by atoms with Crippen LogP contribution >= 0.6 is 11.6 Å². The monoisotopic (exact) mass is 452 g/mol. The van der Waals surface area contributed by atoms with Crippen LogP contribution in [0.1, 0.15) is 25.7 Å². The molecule has 170 valence electrons. The maximum Gasteiger partial charge on any atom is 0.117 e. The quantitative estimate of drug-likeness (QED) is 0.439. The zero-order valence-corrected chi connectivity index (χ0v) is 19.6. The number of aromatic nitrogens is 1. The third kappa shape index (κ3) is 5.84. The molecule has 2 heterocycles. The number of unbranched alkanes of at least 4 members (excludes halogenated alkanes) is 3. The van der Waals surface area contributed by atoms with Crippen molar-refractivity contribution in [3.05, 3.63) is 59.8 Å². The third-order valence-corrected chi connectivity index (χ3v) is 6.62. The topological polar surface area (TPSA) is 42.8 Å². The first kappa shape index (κ1) is 22.7. The molecule has 0 spiro atoms. The summed E-state index contributed by atoms with van der Waals surface area (Å²) in [4.78, 5) is 11.8. The highest BCUT2D eigenvalue weighted by molar-refractivity contribution is 6.31. The van der Waals surface area contributed by atoms with Gasteiger partial charge in [0.15, 0.2) is 0 Å². The Hall–Kier alpha value is -2.50. The normalized spacial score (nSPS) is 14.8.